The summed E-state index contributed by atoms with van der Waals surface area (Å²) in [5.74, 6) is 0. The van der Waals surface area contributed by atoms with Crippen LogP contribution in [-0.4, -0.2) is 15.8 Å². The van der Waals surface area contributed by atoms with Crippen LogP contribution in [0.2, 0.25) is 0 Å². The molecule has 0 aliphatic carbocycles. The number of rotatable bonds is 3. The molecule has 0 radical (unpaired) electrons. The molecule has 1 heterocycles. The van der Waals surface area contributed by atoms with Gasteiger partial charge in [0.25, 0.3) is 0 Å². The van der Waals surface area contributed by atoms with Gasteiger partial charge in [-0.2, -0.15) is 0 Å². The number of hydrogen-bond acceptors (Lipinski definition) is 3. The maximum Gasteiger partial charge on any atom is 0.136 e. The third-order valence-corrected chi connectivity index (χ3v) is 4.89. The normalized spacial score (nSPS) is 18.1. The van der Waals surface area contributed by atoms with Gasteiger partial charge in [-0.3, -0.25) is 0 Å². The second-order valence-electron chi connectivity index (χ2n) is 5.77. The van der Waals surface area contributed by atoms with E-state index in [4.69, 9.17) is 0 Å². The Morgan fingerprint density at radius 1 is 1.39 bits per heavy atom. The number of nitrogens with one attached hydrogen (secondary N) is 2. The van der Waals surface area contributed by atoms with Crippen molar-refractivity contribution in [1.82, 2.24) is 4.72 Å². The van der Waals surface area contributed by atoms with Gasteiger partial charge >= 0.3 is 0 Å². The molecule has 0 aromatic heterocycles. The van der Waals surface area contributed by atoms with E-state index in [-0.39, 0.29) is 10.8 Å². The SMILES string of the molecule is C[C@H](N[S@+]([O-])C(C)(C)C)c1cccc2c1CCN2. The molecule has 0 saturated heterocycles. The standard InChI is InChI=1S/C14H22N2OS/c1-10(16-18(17)14(2,3)4)11-6-5-7-13-12(11)8-9-15-13/h5-7,10,15-16H,8-9H2,1-4H3/t10-,18+/m0/s1. The molecule has 1 aliphatic heterocycles. The third-order valence-electron chi connectivity index (χ3n) is 3.21. The van der Waals surface area contributed by atoms with Crippen molar-refractivity contribution in [3.63, 3.8) is 0 Å². The molecule has 100 valence electrons. The monoisotopic (exact) mass is 266 g/mol. The second kappa shape index (κ2) is 5.11. The molecule has 2 atom stereocenters. The lowest BCUT2D eigenvalue weighted by Gasteiger charge is -2.27. The highest BCUT2D eigenvalue weighted by Gasteiger charge is 2.29. The lowest BCUT2D eigenvalue weighted by atomic mass is 10.00. The third kappa shape index (κ3) is 2.82. The van der Waals surface area contributed by atoms with Gasteiger partial charge in [0.15, 0.2) is 0 Å². The summed E-state index contributed by atoms with van der Waals surface area (Å²) in [7, 11) is 0. The molecule has 1 aliphatic rings. The number of benzene rings is 1. The minimum atomic E-state index is -1.03. The molecular formula is C14H22N2OS. The van der Waals surface area contributed by atoms with Crippen LogP contribution in [0.3, 0.4) is 0 Å². The highest BCUT2D eigenvalue weighted by atomic mass is 32.2. The molecule has 1 aromatic rings. The average Bonchev–Trinajstić information content (AvgIpc) is 2.74. The minimum Gasteiger partial charge on any atom is -0.598 e. The highest BCUT2D eigenvalue weighted by molar-refractivity contribution is 7.90. The van der Waals surface area contributed by atoms with Gasteiger partial charge < -0.3 is 9.87 Å². The zero-order chi connectivity index (χ0) is 13.3. The van der Waals surface area contributed by atoms with Gasteiger partial charge in [-0.15, -0.1) is 4.72 Å². The molecule has 2 N–H and O–H groups in total. The molecule has 4 heteroatoms. The molecule has 3 nitrogen and oxygen atoms in total. The van der Waals surface area contributed by atoms with Crippen LogP contribution in [0.25, 0.3) is 0 Å². The Hall–Kier alpha value is -0.710. The minimum absolute atomic E-state index is 0.111. The van der Waals surface area contributed by atoms with Crippen LogP contribution in [0.15, 0.2) is 18.2 Å². The Labute approximate surface area is 113 Å². The summed E-state index contributed by atoms with van der Waals surface area (Å²) in [6.45, 7) is 9.04. The molecule has 0 amide bonds. The van der Waals surface area contributed by atoms with Crippen LogP contribution in [0.5, 0.6) is 0 Å². The molecule has 0 bridgehead atoms. The Kier molecular flexibility index (Phi) is 3.90. The van der Waals surface area contributed by atoms with Crippen molar-refractivity contribution < 1.29 is 4.55 Å². The number of anilines is 1. The van der Waals surface area contributed by atoms with Crippen LogP contribution in [0.4, 0.5) is 5.69 Å². The van der Waals surface area contributed by atoms with Crippen LogP contribution in [0.1, 0.15) is 44.9 Å². The van der Waals surface area contributed by atoms with E-state index < -0.39 is 11.4 Å². The fourth-order valence-corrected chi connectivity index (χ4v) is 2.98. The molecule has 0 saturated carbocycles. The Bertz CT molecular complexity index is 428. The van der Waals surface area contributed by atoms with Crippen molar-refractivity contribution in [2.75, 3.05) is 11.9 Å². The van der Waals surface area contributed by atoms with E-state index in [0.29, 0.717) is 0 Å². The van der Waals surface area contributed by atoms with E-state index in [1.807, 2.05) is 20.8 Å². The summed E-state index contributed by atoms with van der Waals surface area (Å²) in [5, 5.41) is 3.38. The van der Waals surface area contributed by atoms with E-state index in [1.54, 1.807) is 0 Å². The first-order valence-corrected chi connectivity index (χ1v) is 7.58. The Morgan fingerprint density at radius 3 is 2.78 bits per heavy atom. The van der Waals surface area contributed by atoms with Crippen molar-refractivity contribution in [3.05, 3.63) is 29.3 Å². The summed E-state index contributed by atoms with van der Waals surface area (Å²) in [4.78, 5) is 0. The predicted molar refractivity (Wildman–Crippen MR) is 78.1 cm³/mol. The Morgan fingerprint density at radius 2 is 2.11 bits per heavy atom. The fourth-order valence-electron chi connectivity index (χ4n) is 2.18. The van der Waals surface area contributed by atoms with Gasteiger partial charge in [0, 0.05) is 23.6 Å². The summed E-state index contributed by atoms with van der Waals surface area (Å²) < 4.78 is 15.1. The van der Waals surface area contributed by atoms with Gasteiger partial charge in [0.1, 0.15) is 4.75 Å². The first-order chi connectivity index (χ1) is 8.39. The zero-order valence-corrected chi connectivity index (χ0v) is 12.4. The molecule has 0 spiro atoms. The molecule has 0 fully saturated rings. The van der Waals surface area contributed by atoms with Crippen molar-refractivity contribution in [3.8, 4) is 0 Å². The first kappa shape index (κ1) is 13.7. The average molecular weight is 266 g/mol. The maximum atomic E-state index is 12.1. The van der Waals surface area contributed by atoms with E-state index in [1.165, 1.54) is 16.8 Å². The highest BCUT2D eigenvalue weighted by Crippen LogP contribution is 2.30. The fraction of sp³-hybridized carbons (Fsp3) is 0.571. The first-order valence-electron chi connectivity index (χ1n) is 6.43. The predicted octanol–water partition coefficient (Wildman–Crippen LogP) is 2.77. The van der Waals surface area contributed by atoms with Crippen LogP contribution < -0.4 is 10.0 Å². The van der Waals surface area contributed by atoms with E-state index in [2.05, 4.69) is 35.2 Å². The van der Waals surface area contributed by atoms with Crippen molar-refractivity contribution in [2.45, 2.75) is 44.9 Å². The summed E-state index contributed by atoms with van der Waals surface area (Å²) in [5.41, 5.74) is 3.85. The van der Waals surface area contributed by atoms with Gasteiger partial charge in [0.2, 0.25) is 0 Å². The lowest BCUT2D eigenvalue weighted by Crippen LogP contribution is -2.40. The second-order valence-corrected chi connectivity index (χ2v) is 7.77. The number of hydrogen-bond donors (Lipinski definition) is 2. The lowest BCUT2D eigenvalue weighted by molar-refractivity contribution is 0.531. The summed E-state index contributed by atoms with van der Waals surface area (Å²) in [6, 6.07) is 6.41. The quantitative estimate of drug-likeness (QED) is 0.827. The number of fused-ring (bicyclic) bond motifs is 1. The van der Waals surface area contributed by atoms with Crippen LogP contribution in [-0.2, 0) is 17.8 Å². The topological polar surface area (TPSA) is 47.1 Å². The van der Waals surface area contributed by atoms with Crippen LogP contribution in [0, 0.1) is 0 Å². The zero-order valence-electron chi connectivity index (χ0n) is 11.5. The van der Waals surface area contributed by atoms with Crippen molar-refractivity contribution in [1.29, 1.82) is 0 Å². The largest absolute Gasteiger partial charge is 0.598 e. The van der Waals surface area contributed by atoms with Gasteiger partial charge in [0.05, 0.1) is 6.04 Å². The molecule has 1 aromatic carbocycles. The molecular weight excluding hydrogens is 244 g/mol. The summed E-state index contributed by atoms with van der Waals surface area (Å²) >= 11 is -1.03. The molecule has 2 rings (SSSR count). The van der Waals surface area contributed by atoms with Gasteiger partial charge in [-0.1, -0.05) is 12.1 Å². The van der Waals surface area contributed by atoms with E-state index >= 15 is 0 Å². The van der Waals surface area contributed by atoms with Crippen LogP contribution >= 0.6 is 0 Å². The molecule has 18 heavy (non-hydrogen) atoms. The van der Waals surface area contributed by atoms with E-state index in [0.717, 1.165) is 13.0 Å². The Balaban J connectivity index is 2.15. The van der Waals surface area contributed by atoms with E-state index in [9.17, 15) is 4.55 Å². The van der Waals surface area contributed by atoms with Gasteiger partial charge in [-0.05, 0) is 51.3 Å². The molecule has 0 unspecified atom stereocenters. The summed E-state index contributed by atoms with van der Waals surface area (Å²) in [6.07, 6.45) is 1.06. The van der Waals surface area contributed by atoms with Crippen molar-refractivity contribution in [2.24, 2.45) is 0 Å². The van der Waals surface area contributed by atoms with Gasteiger partial charge in [-0.25, -0.2) is 0 Å². The van der Waals surface area contributed by atoms with Crippen molar-refractivity contribution >= 4 is 17.0 Å². The smallest absolute Gasteiger partial charge is 0.136 e. The maximum absolute atomic E-state index is 12.1.